The van der Waals surface area contributed by atoms with Crippen LogP contribution in [0.4, 0.5) is 0 Å². The van der Waals surface area contributed by atoms with Crippen LogP contribution in [0, 0.1) is 0 Å². The number of hydrogen-bond donors (Lipinski definition) is 0. The zero-order chi connectivity index (χ0) is 17.6. The molecule has 0 aliphatic carbocycles. The van der Waals surface area contributed by atoms with E-state index < -0.39 is 0 Å². The third-order valence-electron chi connectivity index (χ3n) is 3.67. The Morgan fingerprint density at radius 1 is 1.20 bits per heavy atom. The number of amides is 1. The van der Waals surface area contributed by atoms with Crippen LogP contribution in [0.1, 0.15) is 12.5 Å². The first kappa shape index (κ1) is 17.4. The molecule has 6 heteroatoms. The standard InChI is InChI=1S/C19H20N2O3S/c1-3-23-15-10-8-14(9-11-15)12-21(2)18(22)13-25-19-20-16-6-4-5-7-17(16)24-19/h4-11H,3,12-13H2,1-2H3. The van der Waals surface area contributed by atoms with Crippen molar-refractivity contribution in [3.63, 3.8) is 0 Å². The van der Waals surface area contributed by atoms with Crippen LogP contribution in [0.5, 0.6) is 5.75 Å². The minimum Gasteiger partial charge on any atom is -0.494 e. The number of thioether (sulfide) groups is 1. The summed E-state index contributed by atoms with van der Waals surface area (Å²) in [6.07, 6.45) is 0. The first-order chi connectivity index (χ1) is 12.2. The number of para-hydroxylation sites is 2. The molecule has 0 aliphatic rings. The van der Waals surface area contributed by atoms with Gasteiger partial charge in [0.2, 0.25) is 5.91 Å². The van der Waals surface area contributed by atoms with E-state index in [1.807, 2.05) is 55.5 Å². The van der Waals surface area contributed by atoms with Crippen LogP contribution >= 0.6 is 11.8 Å². The van der Waals surface area contributed by atoms with Gasteiger partial charge in [-0.25, -0.2) is 4.98 Å². The fourth-order valence-corrected chi connectivity index (χ4v) is 3.15. The maximum Gasteiger partial charge on any atom is 0.257 e. The van der Waals surface area contributed by atoms with E-state index in [-0.39, 0.29) is 5.91 Å². The molecule has 0 radical (unpaired) electrons. The first-order valence-electron chi connectivity index (χ1n) is 8.10. The Labute approximate surface area is 151 Å². The summed E-state index contributed by atoms with van der Waals surface area (Å²) in [5.41, 5.74) is 2.60. The Hall–Kier alpha value is -2.47. The third kappa shape index (κ3) is 4.54. The van der Waals surface area contributed by atoms with Crippen molar-refractivity contribution >= 4 is 28.8 Å². The first-order valence-corrected chi connectivity index (χ1v) is 9.08. The number of nitrogens with zero attached hydrogens (tertiary/aromatic N) is 2. The van der Waals surface area contributed by atoms with E-state index in [9.17, 15) is 4.79 Å². The van der Waals surface area contributed by atoms with Crippen LogP contribution in [0.25, 0.3) is 11.1 Å². The fraction of sp³-hybridized carbons (Fsp3) is 0.263. The fourth-order valence-electron chi connectivity index (χ4n) is 2.37. The van der Waals surface area contributed by atoms with Gasteiger partial charge in [-0.15, -0.1) is 0 Å². The van der Waals surface area contributed by atoms with Crippen molar-refractivity contribution in [1.82, 2.24) is 9.88 Å². The molecule has 0 aliphatic heterocycles. The maximum absolute atomic E-state index is 12.3. The van der Waals surface area contributed by atoms with Crippen LogP contribution in [-0.2, 0) is 11.3 Å². The summed E-state index contributed by atoms with van der Waals surface area (Å²) in [7, 11) is 1.80. The lowest BCUT2D eigenvalue weighted by Crippen LogP contribution is -2.27. The number of benzene rings is 2. The predicted octanol–water partition coefficient (Wildman–Crippen LogP) is 3.98. The van der Waals surface area contributed by atoms with E-state index in [4.69, 9.17) is 9.15 Å². The molecule has 0 saturated carbocycles. The zero-order valence-corrected chi connectivity index (χ0v) is 15.1. The summed E-state index contributed by atoms with van der Waals surface area (Å²) >= 11 is 1.31. The largest absolute Gasteiger partial charge is 0.494 e. The Morgan fingerprint density at radius 3 is 2.68 bits per heavy atom. The molecule has 1 amide bonds. The molecule has 5 nitrogen and oxygen atoms in total. The summed E-state index contributed by atoms with van der Waals surface area (Å²) in [6, 6.07) is 15.4. The Balaban J connectivity index is 1.53. The molecule has 25 heavy (non-hydrogen) atoms. The molecule has 0 N–H and O–H groups in total. The summed E-state index contributed by atoms with van der Waals surface area (Å²) < 4.78 is 11.0. The molecule has 1 heterocycles. The average molecular weight is 356 g/mol. The molecule has 2 aromatic carbocycles. The summed E-state index contributed by atoms with van der Waals surface area (Å²) in [5, 5.41) is 0.518. The Bertz CT molecular complexity index is 812. The zero-order valence-electron chi connectivity index (χ0n) is 14.3. The van der Waals surface area contributed by atoms with E-state index in [0.717, 1.165) is 22.4 Å². The van der Waals surface area contributed by atoms with Crippen LogP contribution in [0.2, 0.25) is 0 Å². The third-order valence-corrected chi connectivity index (χ3v) is 4.49. The molecular formula is C19H20N2O3S. The van der Waals surface area contributed by atoms with Crippen molar-refractivity contribution in [2.24, 2.45) is 0 Å². The molecule has 0 unspecified atom stereocenters. The number of oxazole rings is 1. The van der Waals surface area contributed by atoms with Gasteiger partial charge in [0.05, 0.1) is 12.4 Å². The van der Waals surface area contributed by atoms with Gasteiger partial charge >= 0.3 is 0 Å². The highest BCUT2D eigenvalue weighted by Crippen LogP contribution is 2.23. The van der Waals surface area contributed by atoms with Gasteiger partial charge in [-0.2, -0.15) is 0 Å². The smallest absolute Gasteiger partial charge is 0.257 e. The van der Waals surface area contributed by atoms with E-state index in [1.54, 1.807) is 11.9 Å². The second-order valence-corrected chi connectivity index (χ2v) is 6.49. The molecule has 130 valence electrons. The van der Waals surface area contributed by atoms with Gasteiger partial charge in [-0.3, -0.25) is 4.79 Å². The molecule has 3 aromatic rings. The van der Waals surface area contributed by atoms with Crippen molar-refractivity contribution in [2.45, 2.75) is 18.7 Å². The van der Waals surface area contributed by atoms with E-state index >= 15 is 0 Å². The number of hydrogen-bond acceptors (Lipinski definition) is 5. The number of carbonyl (C=O) groups is 1. The molecule has 0 bridgehead atoms. The highest BCUT2D eigenvalue weighted by molar-refractivity contribution is 7.99. The number of rotatable bonds is 7. The number of aromatic nitrogens is 1. The summed E-state index contributed by atoms with van der Waals surface area (Å²) in [5.74, 6) is 1.16. The van der Waals surface area contributed by atoms with Crippen LogP contribution < -0.4 is 4.74 Å². The molecular weight excluding hydrogens is 336 g/mol. The number of carbonyl (C=O) groups excluding carboxylic acids is 1. The van der Waals surface area contributed by atoms with Gasteiger partial charge in [0.25, 0.3) is 5.22 Å². The second kappa shape index (κ2) is 8.07. The molecule has 3 rings (SSSR count). The maximum atomic E-state index is 12.3. The average Bonchev–Trinajstić information content (AvgIpc) is 3.04. The van der Waals surface area contributed by atoms with Gasteiger partial charge < -0.3 is 14.1 Å². The van der Waals surface area contributed by atoms with Crippen LogP contribution in [0.3, 0.4) is 0 Å². The van der Waals surface area contributed by atoms with Crippen molar-refractivity contribution in [3.05, 3.63) is 54.1 Å². The summed E-state index contributed by atoms with van der Waals surface area (Å²) in [6.45, 7) is 3.15. The highest BCUT2D eigenvalue weighted by atomic mass is 32.2. The molecule has 0 saturated heterocycles. The normalized spacial score (nSPS) is 10.8. The van der Waals surface area contributed by atoms with Crippen molar-refractivity contribution < 1.29 is 13.9 Å². The predicted molar refractivity (Wildman–Crippen MR) is 98.8 cm³/mol. The lowest BCUT2D eigenvalue weighted by Gasteiger charge is -2.17. The van der Waals surface area contributed by atoms with Gasteiger partial charge in [0, 0.05) is 13.6 Å². The SMILES string of the molecule is CCOc1ccc(CN(C)C(=O)CSc2nc3ccccc3o2)cc1. The van der Waals surface area contributed by atoms with Crippen molar-refractivity contribution in [1.29, 1.82) is 0 Å². The van der Waals surface area contributed by atoms with Gasteiger partial charge in [0.1, 0.15) is 11.3 Å². The quantitative estimate of drug-likeness (QED) is 0.600. The van der Waals surface area contributed by atoms with Crippen molar-refractivity contribution in [3.8, 4) is 5.75 Å². The van der Waals surface area contributed by atoms with Crippen LogP contribution in [0.15, 0.2) is 58.2 Å². The molecule has 0 atom stereocenters. The van der Waals surface area contributed by atoms with E-state index in [2.05, 4.69) is 4.98 Å². The second-order valence-electron chi connectivity index (χ2n) is 5.56. The van der Waals surface area contributed by atoms with Crippen molar-refractivity contribution in [2.75, 3.05) is 19.4 Å². The lowest BCUT2D eigenvalue weighted by molar-refractivity contribution is -0.127. The minimum atomic E-state index is 0.0288. The van der Waals surface area contributed by atoms with Gasteiger partial charge in [-0.05, 0) is 36.8 Å². The minimum absolute atomic E-state index is 0.0288. The topological polar surface area (TPSA) is 55.6 Å². The van der Waals surface area contributed by atoms with Crippen LogP contribution in [-0.4, -0.2) is 35.2 Å². The molecule has 0 spiro atoms. The Morgan fingerprint density at radius 2 is 1.96 bits per heavy atom. The lowest BCUT2D eigenvalue weighted by atomic mass is 10.2. The number of ether oxygens (including phenoxy) is 1. The Kier molecular flexibility index (Phi) is 5.60. The van der Waals surface area contributed by atoms with E-state index in [1.165, 1.54) is 11.8 Å². The molecule has 0 fully saturated rings. The summed E-state index contributed by atoms with van der Waals surface area (Å²) in [4.78, 5) is 18.4. The number of fused-ring (bicyclic) bond motifs is 1. The monoisotopic (exact) mass is 356 g/mol. The van der Waals surface area contributed by atoms with Gasteiger partial charge in [0.15, 0.2) is 5.58 Å². The highest BCUT2D eigenvalue weighted by Gasteiger charge is 2.13. The van der Waals surface area contributed by atoms with E-state index in [0.29, 0.717) is 24.1 Å². The van der Waals surface area contributed by atoms with Gasteiger partial charge in [-0.1, -0.05) is 36.0 Å². The molecule has 1 aromatic heterocycles.